The van der Waals surface area contributed by atoms with Gasteiger partial charge in [-0.15, -0.1) is 0 Å². The second kappa shape index (κ2) is 7.00. The summed E-state index contributed by atoms with van der Waals surface area (Å²) in [6, 6.07) is 0. The molecule has 0 aliphatic heterocycles. The van der Waals surface area contributed by atoms with Crippen LogP contribution in [0, 0.1) is 34.5 Å². The normalized spacial score (nSPS) is 44.7. The Balaban J connectivity index is 1.39. The summed E-state index contributed by atoms with van der Waals surface area (Å²) in [5.74, 6) is 3.49. The molecule has 2 saturated carbocycles. The monoisotopic (exact) mass is 382 g/mol. The van der Waals surface area contributed by atoms with E-state index in [0.717, 1.165) is 36.5 Å². The van der Waals surface area contributed by atoms with Gasteiger partial charge < -0.3 is 5.11 Å². The summed E-state index contributed by atoms with van der Waals surface area (Å²) in [4.78, 5) is 0. The lowest BCUT2D eigenvalue weighted by molar-refractivity contribution is 0.0224. The van der Waals surface area contributed by atoms with Crippen LogP contribution in [0.1, 0.15) is 104 Å². The third-order valence-electron chi connectivity index (χ3n) is 10.3. The van der Waals surface area contributed by atoms with Crippen molar-refractivity contribution in [3.8, 4) is 0 Å². The van der Waals surface area contributed by atoms with Crippen molar-refractivity contribution in [3.63, 3.8) is 0 Å². The predicted octanol–water partition coefficient (Wildman–Crippen LogP) is 7.21. The molecule has 5 rings (SSSR count). The Bertz CT molecular complexity index is 680. The predicted molar refractivity (Wildman–Crippen MR) is 117 cm³/mol. The molecular weight excluding hydrogens is 340 g/mol. The van der Waals surface area contributed by atoms with Gasteiger partial charge in [0.2, 0.25) is 0 Å². The average Bonchev–Trinajstić information content (AvgIpc) is 3.29. The van der Waals surface area contributed by atoms with Gasteiger partial charge in [-0.05, 0) is 103 Å². The van der Waals surface area contributed by atoms with Crippen molar-refractivity contribution in [2.75, 3.05) is 0 Å². The van der Waals surface area contributed by atoms with Gasteiger partial charge in [0.25, 0.3) is 0 Å². The molecule has 6 atom stereocenters. The fraction of sp³-hybridized carbons (Fsp3) is 0.852. The molecule has 0 heterocycles. The lowest BCUT2D eigenvalue weighted by Gasteiger charge is -2.54. The lowest BCUT2D eigenvalue weighted by atomic mass is 9.51. The molecule has 2 fully saturated rings. The Labute approximate surface area is 173 Å². The van der Waals surface area contributed by atoms with Crippen molar-refractivity contribution >= 4 is 0 Å². The maximum absolute atomic E-state index is 10.2. The zero-order valence-corrected chi connectivity index (χ0v) is 18.6. The molecular formula is C27H42O. The van der Waals surface area contributed by atoms with Crippen LogP contribution in [0.15, 0.2) is 22.8 Å². The van der Waals surface area contributed by atoms with Crippen LogP contribution in [0.25, 0.3) is 0 Å². The average molecular weight is 383 g/mol. The molecule has 0 bridgehead atoms. The van der Waals surface area contributed by atoms with Crippen LogP contribution < -0.4 is 0 Å². The molecule has 0 amide bonds. The highest BCUT2D eigenvalue weighted by Gasteiger charge is 2.53. The summed E-state index contributed by atoms with van der Waals surface area (Å²) >= 11 is 0. The molecule has 1 heteroatoms. The topological polar surface area (TPSA) is 20.2 Å². The molecule has 1 unspecified atom stereocenters. The van der Waals surface area contributed by atoms with E-state index in [1.807, 2.05) is 5.57 Å². The molecule has 0 aromatic heterocycles. The first-order chi connectivity index (χ1) is 13.4. The molecule has 1 N–H and O–H groups in total. The van der Waals surface area contributed by atoms with E-state index in [1.54, 1.807) is 11.1 Å². The Hall–Kier alpha value is -0.560. The van der Waals surface area contributed by atoms with Crippen LogP contribution in [0.5, 0.6) is 0 Å². The first-order valence-corrected chi connectivity index (χ1v) is 12.5. The number of rotatable bonds is 3. The van der Waals surface area contributed by atoms with Gasteiger partial charge in [0.1, 0.15) is 0 Å². The Morgan fingerprint density at radius 2 is 1.82 bits per heavy atom. The lowest BCUT2D eigenvalue weighted by Crippen LogP contribution is -2.44. The third kappa shape index (κ3) is 2.90. The van der Waals surface area contributed by atoms with Gasteiger partial charge in [0, 0.05) is 0 Å². The second-order valence-corrected chi connectivity index (χ2v) is 11.8. The maximum atomic E-state index is 10.2. The van der Waals surface area contributed by atoms with E-state index < -0.39 is 0 Å². The minimum atomic E-state index is -0.0411. The second-order valence-electron chi connectivity index (χ2n) is 11.8. The Kier molecular flexibility index (Phi) is 4.85. The van der Waals surface area contributed by atoms with Gasteiger partial charge in [-0.3, -0.25) is 0 Å². The van der Waals surface area contributed by atoms with Crippen LogP contribution in [-0.4, -0.2) is 11.2 Å². The highest BCUT2D eigenvalue weighted by Crippen LogP contribution is 2.64. The van der Waals surface area contributed by atoms with Crippen molar-refractivity contribution in [3.05, 3.63) is 22.8 Å². The van der Waals surface area contributed by atoms with Gasteiger partial charge in [-0.25, -0.2) is 0 Å². The van der Waals surface area contributed by atoms with E-state index in [1.165, 1.54) is 70.6 Å². The standard InChI is InChI=1S/C27H42O/c1-18(16-19-6-4-5-7-19)23-10-11-24-22-9-8-20-17-21(28)12-14-26(20,2)25(22)13-15-27(23,24)3/h11,18-21,23,28H,4-10,12-17H2,1-3H3/t18?,20-,21-,23+,26-,27+/m0/s1. The fourth-order valence-electron chi connectivity index (χ4n) is 8.67. The molecule has 1 nitrogen and oxygen atoms in total. The van der Waals surface area contributed by atoms with Crippen molar-refractivity contribution < 1.29 is 5.11 Å². The summed E-state index contributed by atoms with van der Waals surface area (Å²) in [7, 11) is 0. The van der Waals surface area contributed by atoms with Crippen LogP contribution >= 0.6 is 0 Å². The number of aliphatic hydroxyl groups excluding tert-OH is 1. The van der Waals surface area contributed by atoms with E-state index in [0.29, 0.717) is 10.8 Å². The Morgan fingerprint density at radius 3 is 2.61 bits per heavy atom. The third-order valence-corrected chi connectivity index (χ3v) is 10.3. The van der Waals surface area contributed by atoms with E-state index in [4.69, 9.17) is 0 Å². The number of aliphatic hydroxyl groups is 1. The summed E-state index contributed by atoms with van der Waals surface area (Å²) in [5.41, 5.74) is 6.21. The smallest absolute Gasteiger partial charge is 0.0543 e. The minimum Gasteiger partial charge on any atom is -0.393 e. The van der Waals surface area contributed by atoms with Crippen molar-refractivity contribution in [1.82, 2.24) is 0 Å². The molecule has 0 saturated heterocycles. The molecule has 28 heavy (non-hydrogen) atoms. The van der Waals surface area contributed by atoms with Gasteiger partial charge in [0.15, 0.2) is 0 Å². The number of allylic oxidation sites excluding steroid dienone is 4. The number of hydrogen-bond donors (Lipinski definition) is 1. The first kappa shape index (κ1) is 19.4. The number of hydrogen-bond acceptors (Lipinski definition) is 1. The molecule has 5 aliphatic rings. The van der Waals surface area contributed by atoms with E-state index in [2.05, 4.69) is 26.8 Å². The van der Waals surface area contributed by atoms with Gasteiger partial charge in [-0.1, -0.05) is 58.1 Å². The van der Waals surface area contributed by atoms with E-state index >= 15 is 0 Å². The maximum Gasteiger partial charge on any atom is 0.0543 e. The summed E-state index contributed by atoms with van der Waals surface area (Å²) < 4.78 is 0. The largest absolute Gasteiger partial charge is 0.393 e. The van der Waals surface area contributed by atoms with Crippen molar-refractivity contribution in [2.45, 2.75) is 110 Å². The zero-order valence-electron chi connectivity index (χ0n) is 18.6. The first-order valence-electron chi connectivity index (χ1n) is 12.5. The highest BCUT2D eigenvalue weighted by atomic mass is 16.3. The van der Waals surface area contributed by atoms with Crippen molar-refractivity contribution in [1.29, 1.82) is 0 Å². The minimum absolute atomic E-state index is 0.0411. The molecule has 5 aliphatic carbocycles. The van der Waals surface area contributed by atoms with Crippen LogP contribution in [0.3, 0.4) is 0 Å². The molecule has 156 valence electrons. The van der Waals surface area contributed by atoms with Crippen LogP contribution in [-0.2, 0) is 0 Å². The summed E-state index contributed by atoms with van der Waals surface area (Å²) in [6.45, 7) is 7.76. The van der Waals surface area contributed by atoms with Gasteiger partial charge in [0.05, 0.1) is 6.10 Å². The molecule has 0 spiro atoms. The van der Waals surface area contributed by atoms with E-state index in [-0.39, 0.29) is 6.10 Å². The summed E-state index contributed by atoms with van der Waals surface area (Å²) in [6.07, 6.45) is 20.0. The molecule has 0 radical (unpaired) electrons. The van der Waals surface area contributed by atoms with Crippen molar-refractivity contribution in [2.24, 2.45) is 34.5 Å². The molecule has 0 aromatic carbocycles. The number of fused-ring (bicyclic) bond motifs is 4. The highest BCUT2D eigenvalue weighted by molar-refractivity contribution is 5.49. The Morgan fingerprint density at radius 1 is 1.04 bits per heavy atom. The van der Waals surface area contributed by atoms with Crippen LogP contribution in [0.2, 0.25) is 0 Å². The summed E-state index contributed by atoms with van der Waals surface area (Å²) in [5, 5.41) is 10.2. The van der Waals surface area contributed by atoms with Gasteiger partial charge in [-0.2, -0.15) is 0 Å². The van der Waals surface area contributed by atoms with Gasteiger partial charge >= 0.3 is 0 Å². The SMILES string of the molecule is CC(CC1CCCC1)[C@H]1CC=C2C3=C(CC[C@@]21C)[C@@]1(C)CC[C@H](O)C[C@@H]1CC3. The fourth-order valence-corrected chi connectivity index (χ4v) is 8.67. The van der Waals surface area contributed by atoms with Crippen LogP contribution in [0.4, 0.5) is 0 Å². The van der Waals surface area contributed by atoms with E-state index in [9.17, 15) is 5.11 Å². The zero-order chi connectivity index (χ0) is 19.5. The quantitative estimate of drug-likeness (QED) is 0.547. The molecule has 0 aromatic rings.